The molecule has 0 bridgehead atoms. The van der Waals surface area contributed by atoms with E-state index in [0.717, 1.165) is 35.5 Å². The third kappa shape index (κ3) is 4.95. The molecule has 0 aliphatic heterocycles. The Morgan fingerprint density at radius 1 is 1.06 bits per heavy atom. The van der Waals surface area contributed by atoms with Crippen LogP contribution in [-0.2, 0) is 4.79 Å². The molecule has 1 aliphatic rings. The molecule has 0 radical (unpaired) electrons. The molecule has 1 aromatic heterocycles. The molecule has 1 heterocycles. The average molecular weight is 486 g/mol. The van der Waals surface area contributed by atoms with Crippen LogP contribution in [0, 0.1) is 17.0 Å². The zero-order chi connectivity index (χ0) is 24.4. The fourth-order valence-corrected chi connectivity index (χ4v) is 4.95. The molecule has 1 unspecified atom stereocenters. The summed E-state index contributed by atoms with van der Waals surface area (Å²) in [5, 5.41) is 23.2. The van der Waals surface area contributed by atoms with Crippen molar-refractivity contribution in [3.05, 3.63) is 106 Å². The maximum absolute atomic E-state index is 13.6. The van der Waals surface area contributed by atoms with Crippen LogP contribution in [0.5, 0.6) is 0 Å². The summed E-state index contributed by atoms with van der Waals surface area (Å²) in [6.07, 6.45) is 2.13. The minimum atomic E-state index is -0.698. The maximum atomic E-state index is 13.6. The molecule has 4 aromatic rings. The van der Waals surface area contributed by atoms with Gasteiger partial charge in [-0.15, -0.1) is 10.2 Å². The molecule has 5 rings (SSSR count). The first-order valence-electron chi connectivity index (χ1n) is 11.3. The molecule has 3 aromatic carbocycles. The maximum Gasteiger partial charge on any atom is 0.293 e. The number of thioether (sulfide) groups is 1. The number of carbonyl (C=O) groups excluding carboxylic acids is 1. The van der Waals surface area contributed by atoms with Crippen molar-refractivity contribution in [3.8, 4) is 5.69 Å². The lowest BCUT2D eigenvalue weighted by Gasteiger charge is -2.18. The van der Waals surface area contributed by atoms with E-state index in [1.165, 1.54) is 17.8 Å². The number of nitrogens with one attached hydrogen (secondary N) is 1. The van der Waals surface area contributed by atoms with Crippen molar-refractivity contribution < 1.29 is 9.72 Å². The number of anilines is 1. The lowest BCUT2D eigenvalue weighted by Crippen LogP contribution is -2.20. The van der Waals surface area contributed by atoms with Crippen LogP contribution in [0.15, 0.2) is 84.0 Å². The summed E-state index contributed by atoms with van der Waals surface area (Å²) in [5.41, 5.74) is 2.46. The number of para-hydroxylation sites is 1. The summed E-state index contributed by atoms with van der Waals surface area (Å²) in [6, 6.07) is 23.9. The van der Waals surface area contributed by atoms with Gasteiger partial charge in [0.15, 0.2) is 5.16 Å². The van der Waals surface area contributed by atoms with Crippen LogP contribution in [-0.4, -0.2) is 25.6 Å². The van der Waals surface area contributed by atoms with Gasteiger partial charge in [-0.1, -0.05) is 66.4 Å². The molecule has 1 fully saturated rings. The highest BCUT2D eigenvalue weighted by Gasteiger charge is 2.33. The fraction of sp³-hybridized carbons (Fsp3) is 0.192. The lowest BCUT2D eigenvalue weighted by molar-refractivity contribution is -0.384. The van der Waals surface area contributed by atoms with E-state index in [1.807, 2.05) is 65.2 Å². The zero-order valence-electron chi connectivity index (χ0n) is 19.0. The molecule has 176 valence electrons. The lowest BCUT2D eigenvalue weighted by atomic mass is 10.1. The number of nitrogens with zero attached hydrogens (tertiary/aromatic N) is 4. The Morgan fingerprint density at radius 2 is 1.74 bits per heavy atom. The number of amides is 1. The molecule has 1 amide bonds. The standard InChI is InChI=1S/C26H23N5O3S/c1-17-12-15-21(22(16-17)31(33)34)27-25(32)23(18-8-4-2-5-9-18)35-26-29-28-24(19-13-14-19)30(26)20-10-6-3-7-11-20/h2-12,15-16,19,23H,13-14H2,1H3,(H,27,32). The van der Waals surface area contributed by atoms with Crippen molar-refractivity contribution in [1.82, 2.24) is 14.8 Å². The molecule has 1 saturated carbocycles. The number of nitro benzene ring substituents is 1. The van der Waals surface area contributed by atoms with Crippen molar-refractivity contribution >= 4 is 29.0 Å². The van der Waals surface area contributed by atoms with E-state index in [0.29, 0.717) is 11.1 Å². The van der Waals surface area contributed by atoms with Gasteiger partial charge in [-0.05, 0) is 49.1 Å². The van der Waals surface area contributed by atoms with Crippen LogP contribution in [0.4, 0.5) is 11.4 Å². The number of carbonyl (C=O) groups is 1. The molecule has 1 N–H and O–H groups in total. The van der Waals surface area contributed by atoms with Gasteiger partial charge < -0.3 is 5.32 Å². The quantitative estimate of drug-likeness (QED) is 0.191. The van der Waals surface area contributed by atoms with E-state index in [1.54, 1.807) is 19.1 Å². The first-order valence-corrected chi connectivity index (χ1v) is 12.2. The second kappa shape index (κ2) is 9.71. The second-order valence-electron chi connectivity index (χ2n) is 8.46. The molecule has 0 saturated heterocycles. The van der Waals surface area contributed by atoms with Gasteiger partial charge in [0.2, 0.25) is 5.91 Å². The van der Waals surface area contributed by atoms with Crippen molar-refractivity contribution in [2.45, 2.75) is 36.1 Å². The Kier molecular flexibility index (Phi) is 6.33. The van der Waals surface area contributed by atoms with Crippen LogP contribution >= 0.6 is 11.8 Å². The highest BCUT2D eigenvalue weighted by atomic mass is 32.2. The van der Waals surface area contributed by atoms with Gasteiger partial charge in [-0.2, -0.15) is 0 Å². The van der Waals surface area contributed by atoms with E-state index in [2.05, 4.69) is 15.5 Å². The summed E-state index contributed by atoms with van der Waals surface area (Å²) in [5.74, 6) is 0.875. The SMILES string of the molecule is Cc1ccc(NC(=O)C(Sc2nnc(C3CC3)n2-c2ccccc2)c2ccccc2)c([N+](=O)[O-])c1. The zero-order valence-corrected chi connectivity index (χ0v) is 19.8. The van der Waals surface area contributed by atoms with Gasteiger partial charge in [0.05, 0.1) is 4.92 Å². The van der Waals surface area contributed by atoms with Gasteiger partial charge in [-0.25, -0.2) is 0 Å². The van der Waals surface area contributed by atoms with Gasteiger partial charge in [0.1, 0.15) is 16.8 Å². The minimum absolute atomic E-state index is 0.140. The molecule has 1 atom stereocenters. The van der Waals surface area contributed by atoms with Crippen LogP contribution in [0.1, 0.15) is 41.0 Å². The molecule has 9 heteroatoms. The van der Waals surface area contributed by atoms with E-state index in [9.17, 15) is 14.9 Å². The van der Waals surface area contributed by atoms with Gasteiger partial charge in [0, 0.05) is 17.7 Å². The topological polar surface area (TPSA) is 103 Å². The summed E-state index contributed by atoms with van der Waals surface area (Å²) in [4.78, 5) is 24.7. The third-order valence-corrected chi connectivity index (χ3v) is 6.98. The Labute approximate surface area is 206 Å². The van der Waals surface area contributed by atoms with Gasteiger partial charge >= 0.3 is 0 Å². The average Bonchev–Trinajstić information content (AvgIpc) is 3.63. The summed E-state index contributed by atoms with van der Waals surface area (Å²) >= 11 is 1.28. The van der Waals surface area contributed by atoms with E-state index >= 15 is 0 Å². The Morgan fingerprint density at radius 3 is 2.40 bits per heavy atom. The van der Waals surface area contributed by atoms with E-state index in [4.69, 9.17) is 0 Å². The first kappa shape index (κ1) is 22.8. The normalized spacial score (nSPS) is 13.9. The van der Waals surface area contributed by atoms with Crippen LogP contribution < -0.4 is 5.32 Å². The monoisotopic (exact) mass is 485 g/mol. The largest absolute Gasteiger partial charge is 0.319 e. The number of aryl methyl sites for hydroxylation is 1. The summed E-state index contributed by atoms with van der Waals surface area (Å²) < 4.78 is 2.01. The highest BCUT2D eigenvalue weighted by Crippen LogP contribution is 2.43. The fourth-order valence-electron chi connectivity index (χ4n) is 3.89. The first-order chi connectivity index (χ1) is 17.0. The van der Waals surface area contributed by atoms with Crippen molar-refractivity contribution in [3.63, 3.8) is 0 Å². The van der Waals surface area contributed by atoms with E-state index in [-0.39, 0.29) is 17.3 Å². The summed E-state index contributed by atoms with van der Waals surface area (Å²) in [6.45, 7) is 1.77. The van der Waals surface area contributed by atoms with Crippen molar-refractivity contribution in [2.24, 2.45) is 0 Å². The second-order valence-corrected chi connectivity index (χ2v) is 9.53. The highest BCUT2D eigenvalue weighted by molar-refractivity contribution is 8.00. The summed E-state index contributed by atoms with van der Waals surface area (Å²) in [7, 11) is 0. The predicted molar refractivity (Wildman–Crippen MR) is 135 cm³/mol. The van der Waals surface area contributed by atoms with Crippen LogP contribution in [0.25, 0.3) is 5.69 Å². The number of rotatable bonds is 8. The van der Waals surface area contributed by atoms with Crippen LogP contribution in [0.3, 0.4) is 0 Å². The van der Waals surface area contributed by atoms with Gasteiger partial charge in [0.25, 0.3) is 5.69 Å². The number of nitro groups is 1. The Balaban J connectivity index is 1.52. The number of hydrogen-bond donors (Lipinski definition) is 1. The molecule has 35 heavy (non-hydrogen) atoms. The minimum Gasteiger partial charge on any atom is -0.319 e. The van der Waals surface area contributed by atoms with E-state index < -0.39 is 10.2 Å². The number of aromatic nitrogens is 3. The Bertz CT molecular complexity index is 1370. The molecule has 0 spiro atoms. The van der Waals surface area contributed by atoms with Gasteiger partial charge in [-0.3, -0.25) is 19.5 Å². The molecule has 1 aliphatic carbocycles. The third-order valence-electron chi connectivity index (χ3n) is 5.79. The molecular weight excluding hydrogens is 462 g/mol. The molecule has 8 nitrogen and oxygen atoms in total. The smallest absolute Gasteiger partial charge is 0.293 e. The number of benzene rings is 3. The Hall–Kier alpha value is -3.98. The van der Waals surface area contributed by atoms with Crippen LogP contribution in [0.2, 0.25) is 0 Å². The predicted octanol–water partition coefficient (Wildman–Crippen LogP) is 5.83. The van der Waals surface area contributed by atoms with Crippen molar-refractivity contribution in [1.29, 1.82) is 0 Å². The number of hydrogen-bond acceptors (Lipinski definition) is 6. The van der Waals surface area contributed by atoms with Crippen molar-refractivity contribution in [2.75, 3.05) is 5.32 Å². The molecular formula is C26H23N5O3S.